The van der Waals surface area contributed by atoms with Gasteiger partial charge in [0.05, 0.1) is 32.6 Å². The Kier molecular flexibility index (Phi) is 2.19. The van der Waals surface area contributed by atoms with Crippen LogP contribution < -0.4 is 9.06 Å². The van der Waals surface area contributed by atoms with Gasteiger partial charge in [-0.25, -0.2) is 9.97 Å². The smallest absolute Gasteiger partial charge is 0.111 e. The second-order valence-electron chi connectivity index (χ2n) is 3.50. The standard InChI is InChI=1S/C12H8N2O2S/c15-5-9-11-12(10(6-16)17-9)14-8-4-2-1-3-7(8)13-11/h1-6,15-16H/b9-5-,10-6+. The molecule has 2 aromatic heterocycles. The molecule has 0 aliphatic rings. The molecule has 0 spiro atoms. The monoisotopic (exact) mass is 244 g/mol. The van der Waals surface area contributed by atoms with Crippen LogP contribution in [0.4, 0.5) is 0 Å². The molecule has 0 saturated heterocycles. The van der Waals surface area contributed by atoms with Crippen molar-refractivity contribution in [1.29, 1.82) is 0 Å². The summed E-state index contributed by atoms with van der Waals surface area (Å²) in [6.07, 6.45) is 1.98. The van der Waals surface area contributed by atoms with E-state index >= 15 is 0 Å². The number of benzene rings is 1. The van der Waals surface area contributed by atoms with Crippen LogP contribution in [0.3, 0.4) is 0 Å². The van der Waals surface area contributed by atoms with Crippen molar-refractivity contribution in [3.8, 4) is 0 Å². The van der Waals surface area contributed by atoms with Crippen molar-refractivity contribution in [1.82, 2.24) is 9.97 Å². The summed E-state index contributed by atoms with van der Waals surface area (Å²) in [4.78, 5) is 8.89. The average molecular weight is 244 g/mol. The zero-order valence-electron chi connectivity index (χ0n) is 8.66. The second kappa shape index (κ2) is 3.71. The molecule has 2 N–H and O–H groups in total. The number of hydrogen-bond acceptors (Lipinski definition) is 5. The Morgan fingerprint density at radius 3 is 1.76 bits per heavy atom. The van der Waals surface area contributed by atoms with Gasteiger partial charge in [0, 0.05) is 0 Å². The van der Waals surface area contributed by atoms with Gasteiger partial charge in [-0.05, 0) is 12.1 Å². The minimum atomic E-state index is 0.596. The Labute approximate surface area is 99.8 Å². The van der Waals surface area contributed by atoms with Crippen LogP contribution in [0, 0.1) is 0 Å². The predicted octanol–water partition coefficient (Wildman–Crippen LogP) is 1.44. The summed E-state index contributed by atoms with van der Waals surface area (Å²) in [5, 5.41) is 18.3. The van der Waals surface area contributed by atoms with Crippen LogP contribution in [0.5, 0.6) is 0 Å². The van der Waals surface area contributed by atoms with E-state index in [0.29, 0.717) is 20.1 Å². The van der Waals surface area contributed by atoms with Crippen molar-refractivity contribution in [3.05, 3.63) is 33.3 Å². The van der Waals surface area contributed by atoms with Crippen LogP contribution in [-0.4, -0.2) is 20.2 Å². The minimum absolute atomic E-state index is 0.596. The minimum Gasteiger partial charge on any atom is -0.514 e. The molecule has 0 saturated carbocycles. The van der Waals surface area contributed by atoms with E-state index in [4.69, 9.17) is 10.2 Å². The molecule has 4 nitrogen and oxygen atoms in total. The molecule has 5 heteroatoms. The average Bonchev–Trinajstić information content (AvgIpc) is 2.73. The molecule has 0 aliphatic heterocycles. The van der Waals surface area contributed by atoms with E-state index in [1.165, 1.54) is 11.3 Å². The molecule has 17 heavy (non-hydrogen) atoms. The fraction of sp³-hybridized carbons (Fsp3) is 0. The molecule has 0 unspecified atom stereocenters. The molecule has 0 fully saturated rings. The number of thiophene rings is 1. The number of fused-ring (bicyclic) bond motifs is 2. The van der Waals surface area contributed by atoms with E-state index < -0.39 is 0 Å². The van der Waals surface area contributed by atoms with Crippen molar-refractivity contribution in [2.24, 2.45) is 0 Å². The molecule has 3 aromatic rings. The van der Waals surface area contributed by atoms with Gasteiger partial charge in [-0.2, -0.15) is 0 Å². The maximum Gasteiger partial charge on any atom is 0.111 e. The lowest BCUT2D eigenvalue weighted by Crippen LogP contribution is -1.97. The van der Waals surface area contributed by atoms with Gasteiger partial charge in [0.15, 0.2) is 0 Å². The highest BCUT2D eigenvalue weighted by atomic mass is 32.1. The van der Waals surface area contributed by atoms with E-state index in [2.05, 4.69) is 9.97 Å². The zero-order chi connectivity index (χ0) is 11.8. The van der Waals surface area contributed by atoms with E-state index in [1.54, 1.807) is 0 Å². The van der Waals surface area contributed by atoms with E-state index in [9.17, 15) is 0 Å². The number of hydrogen-bond donors (Lipinski definition) is 2. The van der Waals surface area contributed by atoms with Crippen LogP contribution in [0.1, 0.15) is 0 Å². The number of aromatic nitrogens is 2. The number of aliphatic hydroxyl groups excluding tert-OH is 2. The summed E-state index contributed by atoms with van der Waals surface area (Å²) in [6.45, 7) is 0. The first kappa shape index (κ1) is 10.0. The van der Waals surface area contributed by atoms with Crippen molar-refractivity contribution in [3.63, 3.8) is 0 Å². The van der Waals surface area contributed by atoms with Gasteiger partial charge in [-0.3, -0.25) is 0 Å². The topological polar surface area (TPSA) is 66.2 Å². The van der Waals surface area contributed by atoms with Gasteiger partial charge >= 0.3 is 0 Å². The largest absolute Gasteiger partial charge is 0.514 e. The molecule has 2 heterocycles. The van der Waals surface area contributed by atoms with Crippen LogP contribution >= 0.6 is 11.3 Å². The molecule has 1 aromatic carbocycles. The zero-order valence-corrected chi connectivity index (χ0v) is 9.48. The van der Waals surface area contributed by atoms with Crippen molar-refractivity contribution >= 4 is 45.9 Å². The first-order valence-electron chi connectivity index (χ1n) is 4.97. The van der Waals surface area contributed by atoms with E-state index in [0.717, 1.165) is 23.6 Å². The quantitative estimate of drug-likeness (QED) is 0.628. The fourth-order valence-electron chi connectivity index (χ4n) is 1.73. The lowest BCUT2D eigenvalue weighted by Gasteiger charge is -1.95. The molecular formula is C12H8N2O2S. The lowest BCUT2D eigenvalue weighted by molar-refractivity contribution is 0.542. The van der Waals surface area contributed by atoms with Gasteiger partial charge in [-0.15, -0.1) is 11.3 Å². The van der Waals surface area contributed by atoms with Crippen LogP contribution in [0.15, 0.2) is 24.3 Å². The number of para-hydroxylation sites is 2. The molecule has 0 aliphatic carbocycles. The number of aliphatic hydroxyl groups is 2. The molecule has 0 radical (unpaired) electrons. The summed E-state index contributed by atoms with van der Waals surface area (Å²) in [6, 6.07) is 7.50. The number of nitrogens with zero attached hydrogens (tertiary/aromatic N) is 2. The Balaban J connectivity index is 2.63. The molecule has 0 amide bonds. The highest BCUT2D eigenvalue weighted by Gasteiger charge is 2.07. The SMILES string of the molecule is O/C=c1\s/c(=C/O)c2nc3ccccc3nc12. The normalized spacial score (nSPS) is 13.9. The molecule has 3 rings (SSSR count). The predicted molar refractivity (Wildman–Crippen MR) is 68.4 cm³/mol. The van der Waals surface area contributed by atoms with E-state index in [1.807, 2.05) is 24.3 Å². The molecular weight excluding hydrogens is 236 g/mol. The third-order valence-corrected chi connectivity index (χ3v) is 3.53. The summed E-state index contributed by atoms with van der Waals surface area (Å²) in [5.41, 5.74) is 2.75. The Morgan fingerprint density at radius 2 is 1.35 bits per heavy atom. The van der Waals surface area contributed by atoms with Gasteiger partial charge in [0.1, 0.15) is 11.0 Å². The van der Waals surface area contributed by atoms with Gasteiger partial charge in [0.2, 0.25) is 0 Å². The van der Waals surface area contributed by atoms with Gasteiger partial charge in [0.25, 0.3) is 0 Å². The first-order chi connectivity index (χ1) is 8.33. The highest BCUT2D eigenvalue weighted by Crippen LogP contribution is 2.12. The lowest BCUT2D eigenvalue weighted by atomic mass is 10.3. The van der Waals surface area contributed by atoms with Gasteiger partial charge in [-0.1, -0.05) is 12.1 Å². The number of rotatable bonds is 0. The third kappa shape index (κ3) is 1.43. The second-order valence-corrected chi connectivity index (χ2v) is 4.58. The maximum absolute atomic E-state index is 9.14. The molecule has 0 atom stereocenters. The summed E-state index contributed by atoms with van der Waals surface area (Å²) < 4.78 is 1.19. The summed E-state index contributed by atoms with van der Waals surface area (Å²) in [7, 11) is 0. The van der Waals surface area contributed by atoms with Crippen molar-refractivity contribution in [2.45, 2.75) is 0 Å². The summed E-state index contributed by atoms with van der Waals surface area (Å²) in [5.74, 6) is 0. The highest BCUT2D eigenvalue weighted by molar-refractivity contribution is 7.09. The van der Waals surface area contributed by atoms with Crippen LogP contribution in [0.2, 0.25) is 0 Å². The summed E-state index contributed by atoms with van der Waals surface area (Å²) >= 11 is 1.25. The van der Waals surface area contributed by atoms with E-state index in [-0.39, 0.29) is 0 Å². The third-order valence-electron chi connectivity index (χ3n) is 2.49. The first-order valence-corrected chi connectivity index (χ1v) is 5.79. The van der Waals surface area contributed by atoms with Crippen molar-refractivity contribution in [2.75, 3.05) is 0 Å². The Hall–Kier alpha value is -2.14. The Morgan fingerprint density at radius 1 is 0.882 bits per heavy atom. The maximum atomic E-state index is 9.14. The van der Waals surface area contributed by atoms with Gasteiger partial charge < -0.3 is 10.2 Å². The van der Waals surface area contributed by atoms with Crippen LogP contribution in [-0.2, 0) is 0 Å². The van der Waals surface area contributed by atoms with Crippen LogP contribution in [0.25, 0.3) is 34.6 Å². The fourth-order valence-corrected chi connectivity index (χ4v) is 2.55. The molecule has 0 bridgehead atoms. The Bertz CT molecular complexity index is 756. The van der Waals surface area contributed by atoms with Crippen molar-refractivity contribution < 1.29 is 10.2 Å². The molecule has 84 valence electrons.